The fourth-order valence-corrected chi connectivity index (χ4v) is 1.70. The van der Waals surface area contributed by atoms with Crippen LogP contribution in [-0.4, -0.2) is 4.57 Å². The van der Waals surface area contributed by atoms with Gasteiger partial charge in [0.25, 0.3) is 0 Å². The predicted octanol–water partition coefficient (Wildman–Crippen LogP) is 3.66. The van der Waals surface area contributed by atoms with Crippen molar-refractivity contribution in [3.63, 3.8) is 0 Å². The summed E-state index contributed by atoms with van der Waals surface area (Å²) in [6, 6.07) is 9.16. The third-order valence-electron chi connectivity index (χ3n) is 2.03. The summed E-state index contributed by atoms with van der Waals surface area (Å²) in [4.78, 5) is 0. The molecule has 0 spiro atoms. The van der Waals surface area contributed by atoms with E-state index in [0.717, 1.165) is 5.69 Å². The molecular weight excluding hydrogens is 231 g/mol. The number of hydrogen-bond donors (Lipinski definition) is 0. The van der Waals surface area contributed by atoms with Crippen molar-refractivity contribution >= 4 is 23.2 Å². The van der Waals surface area contributed by atoms with Crippen LogP contribution in [0.15, 0.2) is 36.7 Å². The van der Waals surface area contributed by atoms with Gasteiger partial charge in [-0.2, -0.15) is 5.26 Å². The zero-order valence-corrected chi connectivity index (χ0v) is 9.13. The van der Waals surface area contributed by atoms with Crippen LogP contribution in [0.5, 0.6) is 0 Å². The summed E-state index contributed by atoms with van der Waals surface area (Å²) in [5.74, 6) is 0. The monoisotopic (exact) mass is 236 g/mol. The smallest absolute Gasteiger partial charge is 0.101 e. The topological polar surface area (TPSA) is 28.7 Å². The second-order valence-corrected chi connectivity index (χ2v) is 3.78. The molecule has 0 N–H and O–H groups in total. The summed E-state index contributed by atoms with van der Waals surface area (Å²) in [5, 5.41) is 9.69. The Hall–Kier alpha value is -1.43. The lowest BCUT2D eigenvalue weighted by atomic mass is 10.3. The highest BCUT2D eigenvalue weighted by Gasteiger charge is 2.06. The molecule has 0 fully saturated rings. The summed E-state index contributed by atoms with van der Waals surface area (Å²) in [7, 11) is 0. The van der Waals surface area contributed by atoms with Crippen LogP contribution in [0, 0.1) is 11.3 Å². The zero-order chi connectivity index (χ0) is 10.8. The number of halogens is 2. The molecule has 0 unspecified atom stereocenters. The molecular formula is C11H6Cl2N2. The predicted molar refractivity (Wildman–Crippen MR) is 60.5 cm³/mol. The molecule has 15 heavy (non-hydrogen) atoms. The molecule has 2 nitrogen and oxygen atoms in total. The zero-order valence-electron chi connectivity index (χ0n) is 7.61. The van der Waals surface area contributed by atoms with Crippen LogP contribution in [0.25, 0.3) is 5.69 Å². The van der Waals surface area contributed by atoms with Gasteiger partial charge in [-0.15, -0.1) is 0 Å². The van der Waals surface area contributed by atoms with Crippen molar-refractivity contribution in [2.24, 2.45) is 0 Å². The average Bonchev–Trinajstić information content (AvgIpc) is 2.70. The molecule has 2 aromatic rings. The summed E-state index contributed by atoms with van der Waals surface area (Å²) < 4.78 is 1.77. The molecule has 0 saturated heterocycles. The van der Waals surface area contributed by atoms with Gasteiger partial charge in [-0.25, -0.2) is 0 Å². The number of benzene rings is 1. The Bertz CT molecular complexity index is 538. The van der Waals surface area contributed by atoms with E-state index in [4.69, 9.17) is 28.5 Å². The van der Waals surface area contributed by atoms with Crippen molar-refractivity contribution in [1.82, 2.24) is 4.57 Å². The minimum Gasteiger partial charge on any atom is -0.321 e. The van der Waals surface area contributed by atoms with Crippen LogP contribution >= 0.6 is 23.2 Å². The van der Waals surface area contributed by atoms with Crippen LogP contribution in [0.1, 0.15) is 5.56 Å². The van der Waals surface area contributed by atoms with Crippen molar-refractivity contribution in [2.75, 3.05) is 0 Å². The highest BCUT2D eigenvalue weighted by atomic mass is 35.5. The quantitative estimate of drug-likeness (QED) is 0.743. The third kappa shape index (κ3) is 1.85. The molecule has 0 atom stereocenters. The number of nitrogens with zero attached hydrogens (tertiary/aromatic N) is 2. The summed E-state index contributed by atoms with van der Waals surface area (Å²) >= 11 is 11.9. The first-order valence-corrected chi connectivity index (χ1v) is 5.00. The first kappa shape index (κ1) is 10.1. The summed E-state index contributed by atoms with van der Waals surface area (Å²) in [5.41, 5.74) is 1.36. The second kappa shape index (κ2) is 3.98. The summed E-state index contributed by atoms with van der Waals surface area (Å²) in [6.07, 6.45) is 3.48. The van der Waals surface area contributed by atoms with Crippen molar-refractivity contribution < 1.29 is 0 Å². The molecule has 0 radical (unpaired) electrons. The van der Waals surface area contributed by atoms with Gasteiger partial charge in [0, 0.05) is 12.4 Å². The van der Waals surface area contributed by atoms with E-state index in [-0.39, 0.29) is 0 Å². The molecule has 0 aliphatic carbocycles. The van der Waals surface area contributed by atoms with Gasteiger partial charge in [0.05, 0.1) is 21.3 Å². The van der Waals surface area contributed by atoms with E-state index in [1.807, 2.05) is 12.1 Å². The fourth-order valence-electron chi connectivity index (χ4n) is 1.30. The number of aromatic nitrogens is 1. The van der Waals surface area contributed by atoms with Crippen LogP contribution in [-0.2, 0) is 0 Å². The molecule has 4 heteroatoms. The normalized spacial score (nSPS) is 9.93. The van der Waals surface area contributed by atoms with Gasteiger partial charge in [-0.05, 0) is 18.2 Å². The van der Waals surface area contributed by atoms with Crippen LogP contribution in [0.2, 0.25) is 10.0 Å². The Morgan fingerprint density at radius 2 is 2.00 bits per heavy atom. The number of rotatable bonds is 1. The maximum absolute atomic E-state index is 8.70. The molecule has 1 heterocycles. The van der Waals surface area contributed by atoms with Crippen LogP contribution in [0.3, 0.4) is 0 Å². The van der Waals surface area contributed by atoms with Crippen LogP contribution in [0.4, 0.5) is 0 Å². The molecule has 74 valence electrons. The number of nitriles is 1. The Balaban J connectivity index is 2.55. The lowest BCUT2D eigenvalue weighted by molar-refractivity contribution is 1.08. The Morgan fingerprint density at radius 3 is 2.67 bits per heavy atom. The molecule has 1 aromatic carbocycles. The largest absolute Gasteiger partial charge is 0.321 e. The van der Waals surface area contributed by atoms with Gasteiger partial charge in [-0.3, -0.25) is 0 Å². The van der Waals surface area contributed by atoms with E-state index in [0.29, 0.717) is 15.6 Å². The van der Waals surface area contributed by atoms with Crippen molar-refractivity contribution in [3.8, 4) is 11.8 Å². The van der Waals surface area contributed by atoms with E-state index >= 15 is 0 Å². The third-order valence-corrected chi connectivity index (χ3v) is 2.84. The Kier molecular flexibility index (Phi) is 2.68. The van der Waals surface area contributed by atoms with Gasteiger partial charge in [0.15, 0.2) is 0 Å². The van der Waals surface area contributed by atoms with Crippen molar-refractivity contribution in [2.45, 2.75) is 0 Å². The lowest BCUT2D eigenvalue weighted by Gasteiger charge is -2.06. The van der Waals surface area contributed by atoms with E-state index in [2.05, 4.69) is 6.07 Å². The van der Waals surface area contributed by atoms with Crippen LogP contribution < -0.4 is 0 Å². The summed E-state index contributed by atoms with van der Waals surface area (Å²) in [6.45, 7) is 0. The second-order valence-electron chi connectivity index (χ2n) is 2.99. The highest BCUT2D eigenvalue weighted by molar-refractivity contribution is 6.43. The van der Waals surface area contributed by atoms with E-state index in [1.54, 1.807) is 29.1 Å². The maximum Gasteiger partial charge on any atom is 0.101 e. The van der Waals surface area contributed by atoms with Crippen molar-refractivity contribution in [1.29, 1.82) is 5.26 Å². The highest BCUT2D eigenvalue weighted by Crippen LogP contribution is 2.28. The van der Waals surface area contributed by atoms with Gasteiger partial charge in [0.1, 0.15) is 6.07 Å². The fraction of sp³-hybridized carbons (Fsp3) is 0. The van der Waals surface area contributed by atoms with Gasteiger partial charge < -0.3 is 4.57 Å². The van der Waals surface area contributed by atoms with E-state index < -0.39 is 0 Å². The van der Waals surface area contributed by atoms with Gasteiger partial charge in [-0.1, -0.05) is 29.3 Å². The Labute approximate surface area is 97.3 Å². The molecule has 0 amide bonds. The minimum atomic E-state index is 0.485. The first-order chi connectivity index (χ1) is 7.22. The maximum atomic E-state index is 8.70. The molecule has 0 bridgehead atoms. The molecule has 2 rings (SSSR count). The molecule has 1 aromatic heterocycles. The minimum absolute atomic E-state index is 0.485. The van der Waals surface area contributed by atoms with Gasteiger partial charge in [0.2, 0.25) is 0 Å². The SMILES string of the molecule is N#Cc1ccn(-c2cccc(Cl)c2Cl)c1. The number of hydrogen-bond acceptors (Lipinski definition) is 1. The molecule has 0 aliphatic heterocycles. The first-order valence-electron chi connectivity index (χ1n) is 4.25. The Morgan fingerprint density at radius 1 is 1.20 bits per heavy atom. The molecule has 0 aliphatic rings. The van der Waals surface area contributed by atoms with Crippen molar-refractivity contribution in [3.05, 3.63) is 52.3 Å². The average molecular weight is 237 g/mol. The van der Waals surface area contributed by atoms with E-state index in [1.165, 1.54) is 0 Å². The van der Waals surface area contributed by atoms with E-state index in [9.17, 15) is 0 Å². The lowest BCUT2D eigenvalue weighted by Crippen LogP contribution is -1.90. The molecule has 0 saturated carbocycles. The van der Waals surface area contributed by atoms with Gasteiger partial charge >= 0.3 is 0 Å². The standard InChI is InChI=1S/C11H6Cl2N2/c12-9-2-1-3-10(11(9)13)15-5-4-8(6-14)7-15/h1-5,7H.